The molecule has 27 heavy (non-hydrogen) atoms. The van der Waals surface area contributed by atoms with Crippen molar-refractivity contribution in [2.45, 2.75) is 6.42 Å². The molecule has 0 bridgehead atoms. The second kappa shape index (κ2) is 8.55. The van der Waals surface area contributed by atoms with Crippen molar-refractivity contribution in [3.8, 4) is 0 Å². The average molecular weight is 389 g/mol. The predicted octanol–water partition coefficient (Wildman–Crippen LogP) is 4.12. The molecular weight excluding hydrogens is 374 g/mol. The molecule has 1 amide bonds. The third-order valence-electron chi connectivity index (χ3n) is 3.69. The Bertz CT molecular complexity index is 930. The summed E-state index contributed by atoms with van der Waals surface area (Å²) in [6.45, 7) is 0.404. The van der Waals surface area contributed by atoms with Crippen LogP contribution in [0, 0.1) is 11.6 Å². The fourth-order valence-electron chi connectivity index (χ4n) is 2.36. The number of anilines is 2. The molecule has 8 heteroatoms. The van der Waals surface area contributed by atoms with E-state index >= 15 is 0 Å². The molecule has 0 saturated carbocycles. The maximum Gasteiger partial charge on any atom is 0.271 e. The van der Waals surface area contributed by atoms with Gasteiger partial charge in [-0.1, -0.05) is 29.8 Å². The van der Waals surface area contributed by atoms with Crippen LogP contribution in [0.3, 0.4) is 0 Å². The first-order chi connectivity index (χ1) is 13.0. The summed E-state index contributed by atoms with van der Waals surface area (Å²) in [5.74, 6) is -1.78. The molecule has 0 aliphatic rings. The molecule has 3 aromatic rings. The van der Waals surface area contributed by atoms with Crippen LogP contribution >= 0.6 is 11.6 Å². The van der Waals surface area contributed by atoms with Gasteiger partial charge >= 0.3 is 0 Å². The van der Waals surface area contributed by atoms with Crippen LogP contribution in [-0.4, -0.2) is 22.4 Å². The first kappa shape index (κ1) is 18.7. The molecule has 1 heterocycles. The summed E-state index contributed by atoms with van der Waals surface area (Å²) in [5.41, 5.74) is 0.770. The number of aromatic nitrogens is 2. The summed E-state index contributed by atoms with van der Waals surface area (Å²) in [6, 6.07) is 10.9. The maximum absolute atomic E-state index is 13.6. The van der Waals surface area contributed by atoms with E-state index in [2.05, 4.69) is 20.6 Å². The summed E-state index contributed by atoms with van der Waals surface area (Å²) in [5, 5.41) is 5.88. The van der Waals surface area contributed by atoms with Gasteiger partial charge in [0.15, 0.2) is 0 Å². The molecular formula is C19H15ClF2N4O. The number of amides is 1. The third kappa shape index (κ3) is 4.98. The van der Waals surface area contributed by atoms with Crippen LogP contribution in [-0.2, 0) is 6.42 Å². The van der Waals surface area contributed by atoms with Crippen molar-refractivity contribution in [1.29, 1.82) is 0 Å². The van der Waals surface area contributed by atoms with E-state index in [0.29, 0.717) is 18.0 Å². The third-order valence-corrected chi connectivity index (χ3v) is 3.92. The molecule has 0 atom stereocenters. The fraction of sp³-hybridized carbons (Fsp3) is 0.105. The van der Waals surface area contributed by atoms with Gasteiger partial charge in [0, 0.05) is 11.6 Å². The van der Waals surface area contributed by atoms with Crippen LogP contribution in [0.25, 0.3) is 0 Å². The van der Waals surface area contributed by atoms with Crippen molar-refractivity contribution in [1.82, 2.24) is 15.3 Å². The van der Waals surface area contributed by atoms with E-state index in [4.69, 9.17) is 11.6 Å². The second-order valence-electron chi connectivity index (χ2n) is 5.64. The Kier molecular flexibility index (Phi) is 5.93. The monoisotopic (exact) mass is 388 g/mol. The number of carbonyl (C=O) groups excluding carboxylic acids is 1. The van der Waals surface area contributed by atoms with Crippen LogP contribution in [0.5, 0.6) is 0 Å². The molecule has 0 fully saturated rings. The van der Waals surface area contributed by atoms with Crippen molar-refractivity contribution in [3.05, 3.63) is 82.8 Å². The largest absolute Gasteiger partial charge is 0.350 e. The van der Waals surface area contributed by atoms with Gasteiger partial charge in [0.2, 0.25) is 0 Å². The Hall–Kier alpha value is -3.06. The summed E-state index contributed by atoms with van der Waals surface area (Å²) < 4.78 is 27.2. The molecule has 0 radical (unpaired) electrons. The minimum Gasteiger partial charge on any atom is -0.350 e. The Morgan fingerprint density at radius 1 is 1.04 bits per heavy atom. The highest BCUT2D eigenvalue weighted by atomic mass is 35.5. The number of benzene rings is 2. The number of nitrogens with one attached hydrogen (secondary N) is 2. The number of hydrogen-bond acceptors (Lipinski definition) is 4. The van der Waals surface area contributed by atoms with Crippen molar-refractivity contribution in [2.24, 2.45) is 0 Å². The quantitative estimate of drug-likeness (QED) is 0.666. The molecule has 1 aromatic heterocycles. The highest BCUT2D eigenvalue weighted by molar-refractivity contribution is 6.30. The number of nitrogens with zero attached hydrogens (tertiary/aromatic N) is 2. The summed E-state index contributed by atoms with van der Waals surface area (Å²) in [7, 11) is 0. The topological polar surface area (TPSA) is 66.9 Å². The number of carbonyl (C=O) groups is 1. The number of para-hydroxylation sites is 1. The Balaban J connectivity index is 1.57. The van der Waals surface area contributed by atoms with E-state index in [1.807, 2.05) is 18.2 Å². The zero-order valence-corrected chi connectivity index (χ0v) is 14.8. The van der Waals surface area contributed by atoms with Gasteiger partial charge in [0.05, 0.1) is 12.4 Å². The molecule has 138 valence electrons. The van der Waals surface area contributed by atoms with E-state index in [1.54, 1.807) is 6.07 Å². The highest BCUT2D eigenvalue weighted by Gasteiger charge is 2.11. The Morgan fingerprint density at radius 3 is 2.44 bits per heavy atom. The highest BCUT2D eigenvalue weighted by Crippen LogP contribution is 2.21. The molecule has 0 aliphatic heterocycles. The summed E-state index contributed by atoms with van der Waals surface area (Å²) in [6.07, 6.45) is 3.08. The maximum atomic E-state index is 13.6. The van der Waals surface area contributed by atoms with E-state index in [9.17, 15) is 13.6 Å². The van der Waals surface area contributed by atoms with Gasteiger partial charge in [-0.2, -0.15) is 0 Å². The van der Waals surface area contributed by atoms with Gasteiger partial charge in [-0.05, 0) is 36.2 Å². The summed E-state index contributed by atoms with van der Waals surface area (Å²) in [4.78, 5) is 20.0. The van der Waals surface area contributed by atoms with Crippen molar-refractivity contribution in [3.63, 3.8) is 0 Å². The summed E-state index contributed by atoms with van der Waals surface area (Å²) >= 11 is 5.92. The normalized spacial score (nSPS) is 10.5. The van der Waals surface area contributed by atoms with E-state index in [1.165, 1.54) is 18.5 Å². The zero-order chi connectivity index (χ0) is 19.2. The van der Waals surface area contributed by atoms with Crippen LogP contribution in [0.1, 0.15) is 16.1 Å². The number of hydrogen-bond donors (Lipinski definition) is 2. The van der Waals surface area contributed by atoms with Crippen LogP contribution < -0.4 is 10.6 Å². The number of halogens is 3. The Morgan fingerprint density at radius 2 is 1.78 bits per heavy atom. The lowest BCUT2D eigenvalue weighted by Crippen LogP contribution is -2.26. The zero-order valence-electron chi connectivity index (χ0n) is 14.0. The smallest absolute Gasteiger partial charge is 0.271 e. The minimum atomic E-state index is -0.750. The Labute approximate surface area is 159 Å². The van der Waals surface area contributed by atoms with Crippen molar-refractivity contribution in [2.75, 3.05) is 11.9 Å². The van der Waals surface area contributed by atoms with E-state index in [0.717, 1.165) is 17.7 Å². The van der Waals surface area contributed by atoms with E-state index in [-0.39, 0.29) is 17.2 Å². The molecule has 0 unspecified atom stereocenters. The fourth-order valence-corrected chi connectivity index (χ4v) is 2.57. The first-order valence-corrected chi connectivity index (χ1v) is 8.46. The lowest BCUT2D eigenvalue weighted by molar-refractivity contribution is 0.0949. The van der Waals surface area contributed by atoms with Crippen molar-refractivity contribution < 1.29 is 13.6 Å². The first-order valence-electron chi connectivity index (χ1n) is 8.08. The van der Waals surface area contributed by atoms with Gasteiger partial charge in [-0.15, -0.1) is 0 Å². The van der Waals surface area contributed by atoms with Gasteiger partial charge in [-0.25, -0.2) is 18.7 Å². The molecule has 3 rings (SSSR count). The van der Waals surface area contributed by atoms with Gasteiger partial charge < -0.3 is 10.6 Å². The second-order valence-corrected chi connectivity index (χ2v) is 6.08. The number of rotatable bonds is 6. The molecule has 2 aromatic carbocycles. The average Bonchev–Trinajstić information content (AvgIpc) is 2.65. The lowest BCUT2D eigenvalue weighted by atomic mass is 10.1. The molecule has 2 N–H and O–H groups in total. The van der Waals surface area contributed by atoms with Crippen LogP contribution in [0.4, 0.5) is 20.3 Å². The molecule has 0 spiro atoms. The molecule has 5 nitrogen and oxygen atoms in total. The predicted molar refractivity (Wildman–Crippen MR) is 99.2 cm³/mol. The lowest BCUT2D eigenvalue weighted by Gasteiger charge is -2.08. The SMILES string of the molecule is O=C(NCCc1cccc(Cl)c1)c1cnc(Nc2c(F)cccc2F)cn1. The van der Waals surface area contributed by atoms with Gasteiger partial charge in [-0.3, -0.25) is 4.79 Å². The van der Waals surface area contributed by atoms with Gasteiger partial charge in [0.25, 0.3) is 5.91 Å². The van der Waals surface area contributed by atoms with Crippen molar-refractivity contribution >= 4 is 29.0 Å². The molecule has 0 saturated heterocycles. The van der Waals surface area contributed by atoms with E-state index < -0.39 is 17.5 Å². The van der Waals surface area contributed by atoms with Gasteiger partial charge in [0.1, 0.15) is 28.8 Å². The van der Waals surface area contributed by atoms with Crippen LogP contribution in [0.2, 0.25) is 5.02 Å². The molecule has 0 aliphatic carbocycles. The standard InChI is InChI=1S/C19H15ClF2N4O/c20-13-4-1-3-12(9-13)7-8-23-19(27)16-10-25-17(11-24-16)26-18-14(21)5-2-6-15(18)22/h1-6,9-11H,7-8H2,(H,23,27)(H,25,26). The minimum absolute atomic E-state index is 0.0978. The van der Waals surface area contributed by atoms with Crippen LogP contribution in [0.15, 0.2) is 54.9 Å².